The van der Waals surface area contributed by atoms with Gasteiger partial charge in [-0.15, -0.1) is 0 Å². The summed E-state index contributed by atoms with van der Waals surface area (Å²) in [5.74, 6) is 0.792. The lowest BCUT2D eigenvalue weighted by molar-refractivity contribution is -0.132. The molecule has 35 heavy (non-hydrogen) atoms. The van der Waals surface area contributed by atoms with Gasteiger partial charge in [0, 0.05) is 55.9 Å². The number of benzene rings is 1. The third-order valence-corrected chi connectivity index (χ3v) is 7.24. The standard InChI is InChI=1S/C25H27ClN4O4S/c26-17-5-7-18(8-6-17)28-10-12-29(13-11-28)23(31)4-2-1-3-9-30-24(32)19-14-21-22(34-16-33-21)15-20(19)27-25(30)35/h5-8,14-15,19H,1-4,9-13,16H2. The van der Waals surface area contributed by atoms with Crippen molar-refractivity contribution >= 4 is 52.1 Å². The van der Waals surface area contributed by atoms with Crippen LogP contribution in [-0.2, 0) is 19.1 Å². The number of piperazine rings is 1. The summed E-state index contributed by atoms with van der Waals surface area (Å²) in [6.45, 7) is 3.72. The first-order valence-electron chi connectivity index (χ1n) is 11.9. The summed E-state index contributed by atoms with van der Waals surface area (Å²) in [5.41, 5.74) is 1.73. The molecule has 2 fully saturated rings. The van der Waals surface area contributed by atoms with Gasteiger partial charge in [-0.25, -0.2) is 4.99 Å². The second-order valence-corrected chi connectivity index (χ2v) is 9.69. The number of allylic oxidation sites excluding steroid dienone is 1. The molecule has 1 unspecified atom stereocenters. The van der Waals surface area contributed by atoms with Crippen LogP contribution >= 0.6 is 23.8 Å². The van der Waals surface area contributed by atoms with Gasteiger partial charge in [0.2, 0.25) is 23.7 Å². The van der Waals surface area contributed by atoms with Gasteiger partial charge in [0.1, 0.15) is 5.92 Å². The van der Waals surface area contributed by atoms with Crippen LogP contribution in [0.1, 0.15) is 25.7 Å². The summed E-state index contributed by atoms with van der Waals surface area (Å²) in [6, 6.07) is 7.81. The minimum Gasteiger partial charge on any atom is -0.454 e. The largest absolute Gasteiger partial charge is 0.454 e. The van der Waals surface area contributed by atoms with E-state index in [4.69, 9.17) is 33.3 Å². The number of ether oxygens (including phenoxy) is 2. The van der Waals surface area contributed by atoms with E-state index < -0.39 is 5.92 Å². The molecule has 3 heterocycles. The van der Waals surface area contributed by atoms with Crippen molar-refractivity contribution in [2.45, 2.75) is 25.7 Å². The molecule has 184 valence electrons. The molecule has 0 saturated carbocycles. The highest BCUT2D eigenvalue weighted by Crippen LogP contribution is 2.31. The number of amides is 2. The Balaban J connectivity index is 1.03. The number of rotatable bonds is 7. The fourth-order valence-corrected chi connectivity index (χ4v) is 5.10. The quantitative estimate of drug-likeness (QED) is 0.409. The zero-order valence-electron chi connectivity index (χ0n) is 19.3. The Hall–Kier alpha value is -2.91. The summed E-state index contributed by atoms with van der Waals surface area (Å²) in [6.07, 6.45) is 6.38. The number of unbranched alkanes of at least 4 members (excludes halogenated alkanes) is 2. The molecule has 0 radical (unpaired) electrons. The smallest absolute Gasteiger partial charge is 0.241 e. The number of nitrogens with zero attached hydrogens (tertiary/aromatic N) is 4. The van der Waals surface area contributed by atoms with E-state index in [2.05, 4.69) is 9.89 Å². The Kier molecular flexibility index (Phi) is 7.06. The zero-order chi connectivity index (χ0) is 24.4. The van der Waals surface area contributed by atoms with Gasteiger partial charge in [-0.1, -0.05) is 18.0 Å². The number of fused-ring (bicyclic) bond motifs is 2. The molecule has 1 aliphatic carbocycles. The molecule has 0 bridgehead atoms. The molecular formula is C25H27ClN4O4S. The Morgan fingerprint density at radius 3 is 2.57 bits per heavy atom. The number of carbonyl (C=O) groups is 2. The zero-order valence-corrected chi connectivity index (χ0v) is 20.9. The Bertz CT molecular complexity index is 1110. The second kappa shape index (κ2) is 10.4. The summed E-state index contributed by atoms with van der Waals surface area (Å²) >= 11 is 11.3. The van der Waals surface area contributed by atoms with Crippen molar-refractivity contribution in [3.8, 4) is 0 Å². The maximum atomic E-state index is 13.0. The van der Waals surface area contributed by atoms with Crippen LogP contribution in [0.4, 0.5) is 5.69 Å². The number of carbonyl (C=O) groups excluding carboxylic acids is 2. The van der Waals surface area contributed by atoms with Crippen LogP contribution in [0.15, 0.2) is 52.9 Å². The normalized spacial score (nSPS) is 21.5. The third kappa shape index (κ3) is 5.21. The number of hydrogen-bond donors (Lipinski definition) is 0. The van der Waals surface area contributed by atoms with Gasteiger partial charge in [-0.3, -0.25) is 14.5 Å². The van der Waals surface area contributed by atoms with Gasteiger partial charge in [0.15, 0.2) is 11.5 Å². The lowest BCUT2D eigenvalue weighted by Crippen LogP contribution is -2.48. The van der Waals surface area contributed by atoms with Crippen LogP contribution in [-0.4, -0.2) is 72.0 Å². The molecule has 1 aromatic carbocycles. The highest BCUT2D eigenvalue weighted by Gasteiger charge is 2.38. The predicted octanol–water partition coefficient (Wildman–Crippen LogP) is 3.52. The molecule has 4 aliphatic rings. The average molecular weight is 515 g/mol. The third-order valence-electron chi connectivity index (χ3n) is 6.67. The number of halogens is 1. The topological polar surface area (TPSA) is 74.7 Å². The van der Waals surface area contributed by atoms with Crippen molar-refractivity contribution in [3.63, 3.8) is 0 Å². The van der Waals surface area contributed by atoms with Crippen LogP contribution < -0.4 is 4.90 Å². The van der Waals surface area contributed by atoms with Crippen molar-refractivity contribution in [1.82, 2.24) is 9.80 Å². The van der Waals surface area contributed by atoms with Crippen LogP contribution in [0, 0.1) is 5.92 Å². The van der Waals surface area contributed by atoms with E-state index in [0.29, 0.717) is 30.2 Å². The number of anilines is 1. The first kappa shape index (κ1) is 23.8. The molecule has 5 rings (SSSR count). The van der Waals surface area contributed by atoms with Gasteiger partial charge in [-0.05, 0) is 55.4 Å². The van der Waals surface area contributed by atoms with Gasteiger partial charge >= 0.3 is 0 Å². The highest BCUT2D eigenvalue weighted by atomic mass is 35.5. The van der Waals surface area contributed by atoms with Crippen LogP contribution in [0.2, 0.25) is 5.02 Å². The summed E-state index contributed by atoms with van der Waals surface area (Å²) in [7, 11) is 0. The van der Waals surface area contributed by atoms with Crippen LogP contribution in [0.3, 0.4) is 0 Å². The summed E-state index contributed by atoms with van der Waals surface area (Å²) in [5, 5.41) is 1.01. The minimum atomic E-state index is -0.490. The van der Waals surface area contributed by atoms with Gasteiger partial charge in [0.05, 0.1) is 5.71 Å². The van der Waals surface area contributed by atoms with Crippen molar-refractivity contribution in [1.29, 1.82) is 0 Å². The maximum Gasteiger partial charge on any atom is 0.241 e. The molecule has 8 nitrogen and oxygen atoms in total. The predicted molar refractivity (Wildman–Crippen MR) is 137 cm³/mol. The molecule has 2 amide bonds. The first-order valence-corrected chi connectivity index (χ1v) is 12.7. The fourth-order valence-electron chi connectivity index (χ4n) is 4.69. The molecule has 2 saturated heterocycles. The van der Waals surface area contributed by atoms with Crippen LogP contribution in [0.25, 0.3) is 0 Å². The SMILES string of the molecule is O=C(CCCCCN1C(=O)C2C=C3OCOC3=CC2=NC1=S)N1CCN(c2ccc(Cl)cc2)CC1. The highest BCUT2D eigenvalue weighted by molar-refractivity contribution is 7.80. The van der Waals surface area contributed by atoms with Crippen molar-refractivity contribution in [2.24, 2.45) is 10.9 Å². The Morgan fingerprint density at radius 2 is 1.80 bits per heavy atom. The van der Waals surface area contributed by atoms with E-state index in [1.54, 1.807) is 17.1 Å². The Labute approximate surface area is 214 Å². The molecule has 0 aromatic heterocycles. The number of hydrogen-bond acceptors (Lipinski definition) is 6. The van der Waals surface area contributed by atoms with Crippen molar-refractivity contribution in [2.75, 3.05) is 44.4 Å². The number of aliphatic imine (C=N–C) groups is 1. The van der Waals surface area contributed by atoms with Gasteiger partial charge < -0.3 is 19.3 Å². The lowest BCUT2D eigenvalue weighted by Gasteiger charge is -2.36. The Morgan fingerprint density at radius 1 is 1.06 bits per heavy atom. The minimum absolute atomic E-state index is 0.0899. The summed E-state index contributed by atoms with van der Waals surface area (Å²) < 4.78 is 10.8. The molecule has 10 heteroatoms. The molecular weight excluding hydrogens is 488 g/mol. The summed E-state index contributed by atoms with van der Waals surface area (Å²) in [4.78, 5) is 35.9. The maximum absolute atomic E-state index is 13.0. The van der Waals surface area contributed by atoms with Gasteiger partial charge in [-0.2, -0.15) is 0 Å². The molecule has 1 atom stereocenters. The lowest BCUT2D eigenvalue weighted by atomic mass is 9.93. The monoisotopic (exact) mass is 514 g/mol. The van der Waals surface area contributed by atoms with E-state index in [0.717, 1.165) is 56.2 Å². The van der Waals surface area contributed by atoms with Crippen LogP contribution in [0.5, 0.6) is 0 Å². The van der Waals surface area contributed by atoms with Gasteiger partial charge in [0.25, 0.3) is 0 Å². The molecule has 3 aliphatic heterocycles. The molecule has 1 aromatic rings. The second-order valence-electron chi connectivity index (χ2n) is 8.89. The van der Waals surface area contributed by atoms with E-state index in [1.165, 1.54) is 0 Å². The van der Waals surface area contributed by atoms with Crippen molar-refractivity contribution < 1.29 is 19.1 Å². The number of thiocarbonyl (C=S) groups is 1. The van der Waals surface area contributed by atoms with E-state index in [9.17, 15) is 9.59 Å². The van der Waals surface area contributed by atoms with Crippen molar-refractivity contribution in [3.05, 3.63) is 53.0 Å². The van der Waals surface area contributed by atoms with E-state index in [1.807, 2.05) is 29.2 Å². The molecule has 0 N–H and O–H groups in total. The fraction of sp³-hybridized carbons (Fsp3) is 0.440. The van der Waals surface area contributed by atoms with E-state index in [-0.39, 0.29) is 23.7 Å². The average Bonchev–Trinajstić information content (AvgIpc) is 3.32. The van der Waals surface area contributed by atoms with E-state index >= 15 is 0 Å². The first-order chi connectivity index (χ1) is 17.0. The molecule has 0 spiro atoms.